The number of para-hydroxylation sites is 1. The molecule has 0 aliphatic rings. The summed E-state index contributed by atoms with van der Waals surface area (Å²) in [6.07, 6.45) is -2.73. The SMILES string of the molecule is CSc1ccccc1NC(=O)C(C)Sc1nc(-c2ccccc2)cc(C(F)(F)F)n1. The highest BCUT2D eigenvalue weighted by Gasteiger charge is 2.34. The van der Waals surface area contributed by atoms with E-state index < -0.39 is 17.1 Å². The van der Waals surface area contributed by atoms with Gasteiger partial charge in [-0.25, -0.2) is 9.97 Å². The average Bonchev–Trinajstić information content (AvgIpc) is 2.74. The number of carbonyl (C=O) groups is 1. The second-order valence-electron chi connectivity index (χ2n) is 6.23. The van der Waals surface area contributed by atoms with Crippen LogP contribution in [0.2, 0.25) is 0 Å². The van der Waals surface area contributed by atoms with E-state index in [1.165, 1.54) is 11.8 Å². The smallest absolute Gasteiger partial charge is 0.324 e. The predicted molar refractivity (Wildman–Crippen MR) is 115 cm³/mol. The Balaban J connectivity index is 1.85. The summed E-state index contributed by atoms with van der Waals surface area (Å²) in [7, 11) is 0. The molecule has 156 valence electrons. The number of hydrogen-bond donors (Lipinski definition) is 1. The number of aromatic nitrogens is 2. The molecule has 0 bridgehead atoms. The standard InChI is InChI=1S/C21H18F3N3OS2/c1-13(19(28)25-15-10-6-7-11-17(15)29-2)30-20-26-16(14-8-4-3-5-9-14)12-18(27-20)21(22,23)24/h3-13H,1-2H3,(H,25,28). The monoisotopic (exact) mass is 449 g/mol. The Kier molecular flexibility index (Phi) is 7.04. The Bertz CT molecular complexity index is 1030. The van der Waals surface area contributed by atoms with Crippen LogP contribution in [-0.2, 0) is 11.0 Å². The van der Waals surface area contributed by atoms with Crippen molar-refractivity contribution in [2.75, 3.05) is 11.6 Å². The molecular weight excluding hydrogens is 431 g/mol. The zero-order valence-corrected chi connectivity index (χ0v) is 17.7. The minimum atomic E-state index is -4.62. The Morgan fingerprint density at radius 1 is 1.03 bits per heavy atom. The molecule has 30 heavy (non-hydrogen) atoms. The molecule has 0 spiro atoms. The lowest BCUT2D eigenvalue weighted by Gasteiger charge is -2.15. The second-order valence-corrected chi connectivity index (χ2v) is 8.39. The van der Waals surface area contributed by atoms with Gasteiger partial charge in [0.05, 0.1) is 16.6 Å². The molecule has 1 amide bonds. The first-order valence-corrected chi connectivity index (χ1v) is 11.0. The van der Waals surface area contributed by atoms with Crippen LogP contribution in [0.15, 0.2) is 70.7 Å². The fraction of sp³-hybridized carbons (Fsp3) is 0.190. The normalized spacial score (nSPS) is 12.4. The molecule has 9 heteroatoms. The number of nitrogens with one attached hydrogen (secondary N) is 1. The topological polar surface area (TPSA) is 54.9 Å². The number of nitrogens with zero attached hydrogens (tertiary/aromatic N) is 2. The first-order valence-electron chi connectivity index (χ1n) is 8.90. The van der Waals surface area contributed by atoms with E-state index in [4.69, 9.17) is 0 Å². The summed E-state index contributed by atoms with van der Waals surface area (Å²) in [6, 6.07) is 16.8. The zero-order chi connectivity index (χ0) is 21.7. The summed E-state index contributed by atoms with van der Waals surface area (Å²) >= 11 is 2.37. The van der Waals surface area contributed by atoms with Gasteiger partial charge in [-0.1, -0.05) is 54.2 Å². The third-order valence-corrected chi connectivity index (χ3v) is 5.84. The highest BCUT2D eigenvalue weighted by molar-refractivity contribution is 8.00. The van der Waals surface area contributed by atoms with Gasteiger partial charge in [0.1, 0.15) is 5.69 Å². The molecular formula is C21H18F3N3OS2. The molecule has 1 atom stereocenters. The molecule has 1 N–H and O–H groups in total. The molecule has 2 aromatic carbocycles. The molecule has 0 fully saturated rings. The Morgan fingerprint density at radius 3 is 2.37 bits per heavy atom. The lowest BCUT2D eigenvalue weighted by Crippen LogP contribution is -2.23. The van der Waals surface area contributed by atoms with Gasteiger partial charge in [0.25, 0.3) is 0 Å². The van der Waals surface area contributed by atoms with Crippen LogP contribution < -0.4 is 5.32 Å². The number of benzene rings is 2. The highest BCUT2D eigenvalue weighted by atomic mass is 32.2. The van der Waals surface area contributed by atoms with E-state index in [1.54, 1.807) is 49.4 Å². The maximum atomic E-state index is 13.3. The van der Waals surface area contributed by atoms with Crippen LogP contribution in [0, 0.1) is 0 Å². The number of amides is 1. The summed E-state index contributed by atoms with van der Waals surface area (Å²) in [5, 5.41) is 2.01. The molecule has 0 saturated heterocycles. The lowest BCUT2D eigenvalue weighted by molar-refractivity contribution is -0.141. The Morgan fingerprint density at radius 2 is 1.70 bits per heavy atom. The van der Waals surface area contributed by atoms with Crippen molar-refractivity contribution in [2.24, 2.45) is 0 Å². The van der Waals surface area contributed by atoms with Gasteiger partial charge in [-0.3, -0.25) is 4.79 Å². The van der Waals surface area contributed by atoms with Crippen molar-refractivity contribution >= 4 is 35.1 Å². The zero-order valence-electron chi connectivity index (χ0n) is 16.1. The second kappa shape index (κ2) is 9.53. The van der Waals surface area contributed by atoms with E-state index in [1.807, 2.05) is 18.4 Å². The van der Waals surface area contributed by atoms with Gasteiger partial charge >= 0.3 is 6.18 Å². The van der Waals surface area contributed by atoms with E-state index in [-0.39, 0.29) is 16.8 Å². The first kappa shape index (κ1) is 22.2. The highest BCUT2D eigenvalue weighted by Crippen LogP contribution is 2.33. The number of alkyl halides is 3. The largest absolute Gasteiger partial charge is 0.433 e. The van der Waals surface area contributed by atoms with E-state index in [2.05, 4.69) is 15.3 Å². The lowest BCUT2D eigenvalue weighted by atomic mass is 10.1. The van der Waals surface area contributed by atoms with Gasteiger partial charge in [0, 0.05) is 10.5 Å². The maximum absolute atomic E-state index is 13.3. The van der Waals surface area contributed by atoms with Gasteiger partial charge in [0.15, 0.2) is 5.16 Å². The van der Waals surface area contributed by atoms with Crippen molar-refractivity contribution in [3.8, 4) is 11.3 Å². The fourth-order valence-corrected chi connectivity index (χ4v) is 3.91. The number of anilines is 1. The van der Waals surface area contributed by atoms with Gasteiger partial charge < -0.3 is 5.32 Å². The van der Waals surface area contributed by atoms with Crippen molar-refractivity contribution in [1.29, 1.82) is 0 Å². The van der Waals surface area contributed by atoms with Crippen molar-refractivity contribution < 1.29 is 18.0 Å². The molecule has 0 saturated carbocycles. The van der Waals surface area contributed by atoms with Gasteiger partial charge in [-0.2, -0.15) is 13.2 Å². The Hall–Kier alpha value is -2.52. The number of thioether (sulfide) groups is 2. The van der Waals surface area contributed by atoms with Crippen LogP contribution in [0.4, 0.5) is 18.9 Å². The minimum absolute atomic E-state index is 0.107. The quantitative estimate of drug-likeness (QED) is 0.369. The van der Waals surface area contributed by atoms with Crippen molar-refractivity contribution in [3.05, 3.63) is 66.4 Å². The van der Waals surface area contributed by atoms with Crippen molar-refractivity contribution in [1.82, 2.24) is 9.97 Å². The minimum Gasteiger partial charge on any atom is -0.324 e. The first-order chi connectivity index (χ1) is 14.3. The van der Waals surface area contributed by atoms with E-state index in [0.29, 0.717) is 11.3 Å². The molecule has 3 rings (SSSR count). The van der Waals surface area contributed by atoms with E-state index in [0.717, 1.165) is 22.7 Å². The molecule has 1 unspecified atom stereocenters. The number of carbonyl (C=O) groups excluding carboxylic acids is 1. The van der Waals surface area contributed by atoms with Crippen LogP contribution in [0.25, 0.3) is 11.3 Å². The summed E-state index contributed by atoms with van der Waals surface area (Å²) in [6.45, 7) is 1.60. The van der Waals surface area contributed by atoms with Gasteiger partial charge in [0.2, 0.25) is 5.91 Å². The van der Waals surface area contributed by atoms with Crippen LogP contribution >= 0.6 is 23.5 Å². The van der Waals surface area contributed by atoms with Crippen LogP contribution in [0.1, 0.15) is 12.6 Å². The van der Waals surface area contributed by atoms with E-state index >= 15 is 0 Å². The van der Waals surface area contributed by atoms with Crippen LogP contribution in [0.5, 0.6) is 0 Å². The molecule has 3 aromatic rings. The number of hydrogen-bond acceptors (Lipinski definition) is 5. The fourth-order valence-electron chi connectivity index (χ4n) is 2.57. The summed E-state index contributed by atoms with van der Waals surface area (Å²) in [4.78, 5) is 21.4. The summed E-state index contributed by atoms with van der Waals surface area (Å²) in [5.74, 6) is -0.344. The van der Waals surface area contributed by atoms with Crippen LogP contribution in [-0.4, -0.2) is 27.4 Å². The van der Waals surface area contributed by atoms with Crippen molar-refractivity contribution in [3.63, 3.8) is 0 Å². The maximum Gasteiger partial charge on any atom is 0.433 e. The molecule has 1 heterocycles. The van der Waals surface area contributed by atoms with Gasteiger partial charge in [-0.05, 0) is 31.4 Å². The van der Waals surface area contributed by atoms with Crippen molar-refractivity contribution in [2.45, 2.75) is 28.4 Å². The molecule has 0 radical (unpaired) electrons. The Labute approximate surface area is 180 Å². The molecule has 0 aliphatic carbocycles. The third-order valence-electron chi connectivity index (χ3n) is 4.08. The molecule has 0 aliphatic heterocycles. The average molecular weight is 450 g/mol. The predicted octanol–water partition coefficient (Wildman–Crippen LogP) is 6.00. The summed E-state index contributed by atoms with van der Waals surface area (Å²) < 4.78 is 40.0. The third kappa shape index (κ3) is 5.54. The van der Waals surface area contributed by atoms with Crippen LogP contribution in [0.3, 0.4) is 0 Å². The molecule has 4 nitrogen and oxygen atoms in total. The summed E-state index contributed by atoms with van der Waals surface area (Å²) in [5.41, 5.74) is 0.301. The van der Waals surface area contributed by atoms with Gasteiger partial charge in [-0.15, -0.1) is 11.8 Å². The molecule has 1 aromatic heterocycles. The number of rotatable bonds is 6. The number of halogens is 3. The van der Waals surface area contributed by atoms with E-state index in [9.17, 15) is 18.0 Å².